The average Bonchev–Trinajstić information content (AvgIpc) is 3.13. The molecule has 0 amide bonds. The zero-order valence-corrected chi connectivity index (χ0v) is 39.8. The van der Waals surface area contributed by atoms with Crippen molar-refractivity contribution in [1.29, 1.82) is 0 Å². The third-order valence-corrected chi connectivity index (χ3v) is 64.6. The van der Waals surface area contributed by atoms with Crippen molar-refractivity contribution in [2.24, 2.45) is 0 Å². The van der Waals surface area contributed by atoms with Crippen LogP contribution in [0.25, 0.3) is 0 Å². The lowest BCUT2D eigenvalue weighted by Gasteiger charge is -2.53. The Morgan fingerprint density at radius 2 is 0.329 bits per heavy atom. The molecular weight excluding hydrogens is 1220 g/mol. The van der Waals surface area contributed by atoms with Crippen molar-refractivity contribution in [3.63, 3.8) is 0 Å². The second-order valence-electron chi connectivity index (χ2n) is 17.8. The van der Waals surface area contributed by atoms with Crippen LogP contribution in [0.5, 0.6) is 0 Å². The van der Waals surface area contributed by atoms with Crippen LogP contribution in [0.1, 0.15) is 19.3 Å². The maximum atomic E-state index is 15.0. The summed E-state index contributed by atoms with van der Waals surface area (Å²) in [6.45, 7) is -1.96. The molecular formula is C30H30F39PSi3. The number of rotatable bonds is 24. The molecule has 0 nitrogen and oxygen atoms in total. The summed E-state index contributed by atoms with van der Waals surface area (Å²) in [5.41, 5.74) is 0. The summed E-state index contributed by atoms with van der Waals surface area (Å²) in [6.07, 6.45) is -33.8. The molecule has 0 unspecified atom stereocenters. The minimum atomic E-state index is -8.57. The van der Waals surface area contributed by atoms with Gasteiger partial charge in [-0.25, -0.2) is 0 Å². The van der Waals surface area contributed by atoms with Gasteiger partial charge in [0.1, 0.15) is 0 Å². The number of halogens is 39. The molecule has 43 heteroatoms. The minimum Gasteiger partial charge on any atom is -0.200 e. The van der Waals surface area contributed by atoms with Gasteiger partial charge in [-0.15, -0.1) is 6.57 Å². The van der Waals surface area contributed by atoms with Gasteiger partial charge in [0.25, 0.3) is 0 Å². The minimum absolute atomic E-state index is 0.280. The Kier molecular flexibility index (Phi) is 18.6. The van der Waals surface area contributed by atoms with Gasteiger partial charge in [-0.3, -0.25) is 0 Å². The van der Waals surface area contributed by atoms with Gasteiger partial charge >= 0.3 is 107 Å². The molecule has 0 N–H and O–H groups in total. The lowest BCUT2D eigenvalue weighted by atomic mass is 9.93. The summed E-state index contributed by atoms with van der Waals surface area (Å²) < 4.78 is 539. The number of hydrogen-bond acceptors (Lipinski definition) is 0. The molecule has 0 fully saturated rings. The van der Waals surface area contributed by atoms with E-state index in [1.54, 1.807) is 0 Å². The Balaban J connectivity index is 8.02. The highest BCUT2D eigenvalue weighted by Gasteiger charge is 2.93. The third-order valence-electron chi connectivity index (χ3n) is 11.0. The molecule has 0 saturated heterocycles. The highest BCUT2D eigenvalue weighted by atomic mass is 31.8. The van der Waals surface area contributed by atoms with E-state index in [2.05, 4.69) is 0 Å². The Morgan fingerprint density at radius 1 is 0.205 bits per heavy atom. The summed E-state index contributed by atoms with van der Waals surface area (Å²) in [5.74, 6) is -122. The Hall–Kier alpha value is -1.65. The Bertz CT molecular complexity index is 1690. The predicted octanol–water partition coefficient (Wildman–Crippen LogP) is 18.5. The molecule has 73 heavy (non-hydrogen) atoms. The van der Waals surface area contributed by atoms with E-state index < -0.39 is 175 Å². The van der Waals surface area contributed by atoms with Gasteiger partial charge in [0.05, 0.1) is 23.2 Å². The maximum Gasteiger partial charge on any atom is 0.460 e. The SMILES string of the molecule is C[Si](C)(CCC(F)(F)C(F)(F)C(F)(F)C(F)(F)C(F)(F)C(F)(F)F)P([Si](C)(C)CCC(F)(F)C(F)(F)C(F)(F)C(F)(F)C(F)(F)C(F)(F)F)[Si](C)(C)CCC(F)(F)C(F)(F)C(F)(F)C(F)(F)C(F)(F)C(F)(F)F. The first-order chi connectivity index (χ1) is 30.7. The van der Waals surface area contributed by atoms with E-state index in [0.29, 0.717) is 0 Å². The van der Waals surface area contributed by atoms with Crippen LogP contribution in [0.2, 0.25) is 57.4 Å². The molecule has 0 aliphatic carbocycles. The van der Waals surface area contributed by atoms with Gasteiger partial charge in [-0.2, -0.15) is 171 Å². The highest BCUT2D eigenvalue weighted by Crippen LogP contribution is 2.70. The summed E-state index contributed by atoms with van der Waals surface area (Å²) in [4.78, 5) is 0. The van der Waals surface area contributed by atoms with Crippen LogP contribution in [-0.2, 0) is 0 Å². The van der Waals surface area contributed by atoms with Gasteiger partial charge < -0.3 is 0 Å². The molecule has 0 spiro atoms. The molecule has 440 valence electrons. The highest BCUT2D eigenvalue weighted by molar-refractivity contribution is 8.37. The van der Waals surface area contributed by atoms with E-state index in [1.807, 2.05) is 0 Å². The molecule has 0 aromatic heterocycles. The second kappa shape index (κ2) is 19.0. The topological polar surface area (TPSA) is 0 Å². The van der Waals surface area contributed by atoms with Crippen molar-refractivity contribution in [2.75, 3.05) is 0 Å². The van der Waals surface area contributed by atoms with Crippen LogP contribution < -0.4 is 0 Å². The predicted molar refractivity (Wildman–Crippen MR) is 180 cm³/mol. The number of hydrogen-bond donors (Lipinski definition) is 0. The Morgan fingerprint density at radius 3 is 0.452 bits per heavy atom. The van der Waals surface area contributed by atoms with Crippen molar-refractivity contribution >= 4 is 29.8 Å². The van der Waals surface area contributed by atoms with E-state index in [-0.39, 0.29) is 39.3 Å². The first-order valence-electron chi connectivity index (χ1n) is 18.4. The fourth-order valence-electron chi connectivity index (χ4n) is 7.06. The van der Waals surface area contributed by atoms with Gasteiger partial charge in [0.15, 0.2) is 0 Å². The molecule has 0 bridgehead atoms. The van der Waals surface area contributed by atoms with Crippen molar-refractivity contribution in [1.82, 2.24) is 0 Å². The van der Waals surface area contributed by atoms with Gasteiger partial charge in [0, 0.05) is 19.3 Å². The molecule has 0 saturated carbocycles. The third kappa shape index (κ3) is 11.1. The maximum absolute atomic E-state index is 15.0. The molecule has 0 radical (unpaired) electrons. The summed E-state index contributed by atoms with van der Waals surface area (Å²) in [6, 6.07) is -6.76. The van der Waals surface area contributed by atoms with Crippen LogP contribution in [0.4, 0.5) is 171 Å². The van der Waals surface area contributed by atoms with Gasteiger partial charge in [0.2, 0.25) is 0 Å². The standard InChI is InChI=1S/C30H30F39PSi3/c1-71(2,10-7-13(31,32)16(37,38)19(43,44)22(49,50)25(55,56)28(61,62)63)70(72(3,4)11-8-14(33,34)17(39,40)20(45,46)23(51,52)26(57,58)29(64,65)66)73(5,6)12-9-15(35,36)18(41,42)21(47,48)24(53,54)27(59,60)30(67,68)69/h7-12H2,1-6H3. The summed E-state index contributed by atoms with van der Waals surface area (Å²) in [7, 11) is -15.6. The van der Waals surface area contributed by atoms with Crippen molar-refractivity contribution in [2.45, 2.75) is 184 Å². The first-order valence-corrected chi connectivity index (χ1v) is 31.9. The lowest BCUT2D eigenvalue weighted by molar-refractivity contribution is -0.439. The molecule has 0 aliphatic rings. The van der Waals surface area contributed by atoms with E-state index >= 15 is 0 Å². The largest absolute Gasteiger partial charge is 0.460 e. The fraction of sp³-hybridized carbons (Fsp3) is 1.00. The summed E-state index contributed by atoms with van der Waals surface area (Å²) in [5, 5.41) is 0. The molecule has 0 atom stereocenters. The summed E-state index contributed by atoms with van der Waals surface area (Å²) >= 11 is 0. The van der Waals surface area contributed by atoms with Crippen molar-refractivity contribution in [3.05, 3.63) is 0 Å². The molecule has 0 aromatic rings. The van der Waals surface area contributed by atoms with Crippen molar-refractivity contribution < 1.29 is 171 Å². The normalized spacial score (nSPS) is 17.0. The van der Waals surface area contributed by atoms with E-state index in [4.69, 9.17) is 0 Å². The molecule has 0 aromatic carbocycles. The second-order valence-corrected chi connectivity index (χ2v) is 49.8. The van der Waals surface area contributed by atoms with Crippen LogP contribution in [-0.4, -0.2) is 131 Å². The average molecular weight is 1250 g/mol. The van der Waals surface area contributed by atoms with Gasteiger partial charge in [-0.05, 0) is 18.1 Å². The monoisotopic (exact) mass is 1250 g/mol. The zero-order chi connectivity index (χ0) is 60.3. The van der Waals surface area contributed by atoms with Crippen LogP contribution in [0.3, 0.4) is 0 Å². The zero-order valence-electron chi connectivity index (χ0n) is 35.9. The van der Waals surface area contributed by atoms with E-state index in [0.717, 1.165) is 0 Å². The molecule has 0 aliphatic heterocycles. The van der Waals surface area contributed by atoms with E-state index in [9.17, 15) is 171 Å². The van der Waals surface area contributed by atoms with E-state index in [1.165, 1.54) is 0 Å². The Labute approximate surface area is 385 Å². The van der Waals surface area contributed by atoms with Gasteiger partial charge in [-0.1, -0.05) is 39.3 Å². The quantitative estimate of drug-likeness (QED) is 0.0513. The van der Waals surface area contributed by atoms with Crippen LogP contribution in [0.15, 0.2) is 0 Å². The molecule has 0 heterocycles. The lowest BCUT2D eigenvalue weighted by Crippen LogP contribution is -2.70. The first kappa shape index (κ1) is 71.4. The van der Waals surface area contributed by atoms with Crippen LogP contribution >= 0.6 is 6.57 Å². The number of alkyl halides is 39. The van der Waals surface area contributed by atoms with Crippen molar-refractivity contribution in [3.8, 4) is 0 Å². The fourth-order valence-corrected chi connectivity index (χ4v) is 83.5. The smallest absolute Gasteiger partial charge is 0.200 e. The van der Waals surface area contributed by atoms with Crippen LogP contribution in [0, 0.1) is 0 Å². The molecule has 0 rings (SSSR count).